The zero-order valence-electron chi connectivity index (χ0n) is 9.77. The van der Waals surface area contributed by atoms with Crippen LogP contribution in [0, 0.1) is 6.92 Å². The van der Waals surface area contributed by atoms with Crippen molar-refractivity contribution in [3.63, 3.8) is 0 Å². The van der Waals surface area contributed by atoms with E-state index in [1.54, 1.807) is 18.2 Å². The fraction of sp³-hybridized carbons (Fsp3) is 0.143. The SMILES string of the molecule is Cc1ccccc1NCc1cc(N)ccc1O. The Hall–Kier alpha value is -2.16. The molecule has 0 aliphatic rings. The molecule has 2 rings (SSSR count). The molecule has 0 aromatic heterocycles. The topological polar surface area (TPSA) is 58.3 Å². The number of aromatic hydroxyl groups is 1. The fourth-order valence-corrected chi connectivity index (χ4v) is 1.71. The maximum atomic E-state index is 9.69. The summed E-state index contributed by atoms with van der Waals surface area (Å²) < 4.78 is 0. The second-order valence-electron chi connectivity index (χ2n) is 4.06. The van der Waals surface area contributed by atoms with Gasteiger partial charge in [-0.1, -0.05) is 18.2 Å². The second kappa shape index (κ2) is 4.78. The standard InChI is InChI=1S/C14H16N2O/c1-10-4-2-3-5-13(10)16-9-11-8-12(15)6-7-14(11)17/h2-8,16-17H,9,15H2,1H3. The highest BCUT2D eigenvalue weighted by Crippen LogP contribution is 2.22. The summed E-state index contributed by atoms with van der Waals surface area (Å²) in [6, 6.07) is 13.1. The number of phenolic OH excluding ortho intramolecular Hbond substituents is 1. The molecule has 0 bridgehead atoms. The van der Waals surface area contributed by atoms with Crippen molar-refractivity contribution in [3.8, 4) is 5.75 Å². The Kier molecular flexibility index (Phi) is 3.19. The van der Waals surface area contributed by atoms with Gasteiger partial charge in [0.2, 0.25) is 0 Å². The number of nitrogens with one attached hydrogen (secondary N) is 1. The summed E-state index contributed by atoms with van der Waals surface area (Å²) >= 11 is 0. The molecule has 3 nitrogen and oxygen atoms in total. The van der Waals surface area contributed by atoms with Gasteiger partial charge in [0.25, 0.3) is 0 Å². The van der Waals surface area contributed by atoms with Crippen LogP contribution < -0.4 is 11.1 Å². The van der Waals surface area contributed by atoms with Gasteiger partial charge in [-0.2, -0.15) is 0 Å². The molecule has 0 unspecified atom stereocenters. The molecule has 0 fully saturated rings. The summed E-state index contributed by atoms with van der Waals surface area (Å²) in [4.78, 5) is 0. The Morgan fingerprint density at radius 1 is 1.18 bits per heavy atom. The molecular formula is C14H16N2O. The highest BCUT2D eigenvalue weighted by molar-refractivity contribution is 5.53. The van der Waals surface area contributed by atoms with Gasteiger partial charge in [-0.05, 0) is 36.8 Å². The summed E-state index contributed by atoms with van der Waals surface area (Å²) in [6.45, 7) is 2.60. The number of nitrogen functional groups attached to an aromatic ring is 1. The van der Waals surface area contributed by atoms with Crippen LogP contribution in [0.2, 0.25) is 0 Å². The molecule has 17 heavy (non-hydrogen) atoms. The van der Waals surface area contributed by atoms with Gasteiger partial charge in [-0.25, -0.2) is 0 Å². The lowest BCUT2D eigenvalue weighted by Crippen LogP contribution is -2.01. The van der Waals surface area contributed by atoms with E-state index in [9.17, 15) is 5.11 Å². The molecule has 0 atom stereocenters. The van der Waals surface area contributed by atoms with Crippen LogP contribution >= 0.6 is 0 Å². The van der Waals surface area contributed by atoms with E-state index in [0.717, 1.165) is 11.3 Å². The molecule has 0 radical (unpaired) electrons. The van der Waals surface area contributed by atoms with E-state index in [1.807, 2.05) is 31.2 Å². The van der Waals surface area contributed by atoms with Crippen molar-refractivity contribution in [2.45, 2.75) is 13.5 Å². The lowest BCUT2D eigenvalue weighted by molar-refractivity contribution is 0.469. The van der Waals surface area contributed by atoms with E-state index in [0.29, 0.717) is 12.2 Å². The van der Waals surface area contributed by atoms with Crippen LogP contribution in [0.25, 0.3) is 0 Å². The van der Waals surface area contributed by atoms with E-state index in [1.165, 1.54) is 5.56 Å². The number of para-hydroxylation sites is 1. The number of benzene rings is 2. The molecule has 0 aliphatic heterocycles. The first kappa shape index (κ1) is 11.3. The minimum Gasteiger partial charge on any atom is -0.508 e. The third-order valence-electron chi connectivity index (χ3n) is 2.72. The van der Waals surface area contributed by atoms with Crippen molar-refractivity contribution in [2.75, 3.05) is 11.1 Å². The van der Waals surface area contributed by atoms with Gasteiger partial charge in [0, 0.05) is 23.5 Å². The Morgan fingerprint density at radius 2 is 1.94 bits per heavy atom. The van der Waals surface area contributed by atoms with E-state index in [2.05, 4.69) is 5.32 Å². The largest absolute Gasteiger partial charge is 0.508 e. The molecular weight excluding hydrogens is 212 g/mol. The third kappa shape index (κ3) is 2.69. The molecule has 4 N–H and O–H groups in total. The predicted octanol–water partition coefficient (Wildman–Crippen LogP) is 2.89. The van der Waals surface area contributed by atoms with E-state index in [-0.39, 0.29) is 5.75 Å². The first-order valence-electron chi connectivity index (χ1n) is 5.53. The average Bonchev–Trinajstić information content (AvgIpc) is 2.32. The van der Waals surface area contributed by atoms with Crippen molar-refractivity contribution in [3.05, 3.63) is 53.6 Å². The Bertz CT molecular complexity index is 523. The summed E-state index contributed by atoms with van der Waals surface area (Å²) in [5, 5.41) is 13.0. The first-order valence-corrected chi connectivity index (χ1v) is 5.53. The van der Waals surface area contributed by atoms with Crippen molar-refractivity contribution in [2.24, 2.45) is 0 Å². The molecule has 88 valence electrons. The highest BCUT2D eigenvalue weighted by atomic mass is 16.3. The number of hydrogen-bond donors (Lipinski definition) is 3. The molecule has 0 amide bonds. The second-order valence-corrected chi connectivity index (χ2v) is 4.06. The fourth-order valence-electron chi connectivity index (χ4n) is 1.71. The summed E-state index contributed by atoms with van der Waals surface area (Å²) in [6.07, 6.45) is 0. The number of phenols is 1. The highest BCUT2D eigenvalue weighted by Gasteiger charge is 2.02. The molecule has 0 heterocycles. The number of hydrogen-bond acceptors (Lipinski definition) is 3. The minimum atomic E-state index is 0.264. The zero-order valence-corrected chi connectivity index (χ0v) is 9.77. The van der Waals surface area contributed by atoms with Crippen LogP contribution in [0.5, 0.6) is 5.75 Å². The third-order valence-corrected chi connectivity index (χ3v) is 2.72. The van der Waals surface area contributed by atoms with E-state index < -0.39 is 0 Å². The average molecular weight is 228 g/mol. The van der Waals surface area contributed by atoms with Crippen LogP contribution in [-0.4, -0.2) is 5.11 Å². The molecule has 0 spiro atoms. The number of rotatable bonds is 3. The summed E-state index contributed by atoms with van der Waals surface area (Å²) in [5.41, 5.74) is 9.38. The summed E-state index contributed by atoms with van der Waals surface area (Å²) in [7, 11) is 0. The van der Waals surface area contributed by atoms with Crippen LogP contribution in [0.4, 0.5) is 11.4 Å². The van der Waals surface area contributed by atoms with Gasteiger partial charge >= 0.3 is 0 Å². The maximum Gasteiger partial charge on any atom is 0.120 e. The van der Waals surface area contributed by atoms with E-state index >= 15 is 0 Å². The van der Waals surface area contributed by atoms with Crippen LogP contribution in [-0.2, 0) is 6.54 Å². The quantitative estimate of drug-likeness (QED) is 0.559. The number of aryl methyl sites for hydroxylation is 1. The van der Waals surface area contributed by atoms with Gasteiger partial charge in [0.15, 0.2) is 0 Å². The van der Waals surface area contributed by atoms with Crippen LogP contribution in [0.1, 0.15) is 11.1 Å². The molecule has 2 aromatic carbocycles. The first-order chi connectivity index (χ1) is 8.16. The normalized spacial score (nSPS) is 10.2. The number of anilines is 2. The van der Waals surface area contributed by atoms with Crippen molar-refractivity contribution in [1.29, 1.82) is 0 Å². The molecule has 0 saturated carbocycles. The smallest absolute Gasteiger partial charge is 0.120 e. The zero-order chi connectivity index (χ0) is 12.3. The summed E-state index contributed by atoms with van der Waals surface area (Å²) in [5.74, 6) is 0.264. The Labute approximate surface area is 101 Å². The lowest BCUT2D eigenvalue weighted by Gasteiger charge is -2.10. The van der Waals surface area contributed by atoms with Crippen molar-refractivity contribution < 1.29 is 5.11 Å². The van der Waals surface area contributed by atoms with Gasteiger partial charge in [-0.3, -0.25) is 0 Å². The number of nitrogens with two attached hydrogens (primary N) is 1. The maximum absolute atomic E-state index is 9.69. The van der Waals surface area contributed by atoms with Gasteiger partial charge in [0.05, 0.1) is 0 Å². The van der Waals surface area contributed by atoms with Gasteiger partial charge < -0.3 is 16.2 Å². The lowest BCUT2D eigenvalue weighted by atomic mass is 10.1. The van der Waals surface area contributed by atoms with E-state index in [4.69, 9.17) is 5.73 Å². The molecule has 0 aliphatic carbocycles. The van der Waals surface area contributed by atoms with Crippen molar-refractivity contribution in [1.82, 2.24) is 0 Å². The molecule has 3 heteroatoms. The molecule has 0 saturated heterocycles. The van der Waals surface area contributed by atoms with Crippen molar-refractivity contribution >= 4 is 11.4 Å². The van der Waals surface area contributed by atoms with Crippen LogP contribution in [0.15, 0.2) is 42.5 Å². The molecule has 2 aromatic rings. The van der Waals surface area contributed by atoms with Crippen LogP contribution in [0.3, 0.4) is 0 Å². The van der Waals surface area contributed by atoms with Gasteiger partial charge in [-0.15, -0.1) is 0 Å². The minimum absolute atomic E-state index is 0.264. The van der Waals surface area contributed by atoms with Gasteiger partial charge in [0.1, 0.15) is 5.75 Å². The monoisotopic (exact) mass is 228 g/mol. The Morgan fingerprint density at radius 3 is 2.71 bits per heavy atom. The Balaban J connectivity index is 2.12. The predicted molar refractivity (Wildman–Crippen MR) is 71.0 cm³/mol.